The van der Waals surface area contributed by atoms with Crippen LogP contribution >= 0.6 is 0 Å². The maximum Gasteiger partial charge on any atom is 0.251 e. The number of nitrogens with one attached hydrogen (secondary N) is 2. The zero-order valence-corrected chi connectivity index (χ0v) is 44.4. The van der Waals surface area contributed by atoms with Crippen LogP contribution in [0.1, 0.15) is 151 Å². The molecule has 14 nitrogen and oxygen atoms in total. The summed E-state index contributed by atoms with van der Waals surface area (Å²) >= 11 is 0. The highest BCUT2D eigenvalue weighted by Crippen LogP contribution is 2.56. The molecule has 396 valence electrons. The third-order valence-corrected chi connectivity index (χ3v) is 14.7. The van der Waals surface area contributed by atoms with E-state index in [0.29, 0.717) is 58.7 Å². The normalized spacial score (nSPS) is 16.8. The Morgan fingerprint density at radius 1 is 0.526 bits per heavy atom. The number of pyridine rings is 4. The van der Waals surface area contributed by atoms with Crippen LogP contribution < -0.4 is 31.6 Å². The molecule has 2 amide bonds. The number of amides is 2. The van der Waals surface area contributed by atoms with Crippen LogP contribution in [0, 0.1) is 39.3 Å². The number of hydrogen-bond acceptors (Lipinski definition) is 12. The van der Waals surface area contributed by atoms with Crippen molar-refractivity contribution < 1.29 is 37.3 Å². The van der Waals surface area contributed by atoms with Crippen molar-refractivity contribution in [3.05, 3.63) is 210 Å². The minimum atomic E-state index is -0.420. The molecular formula is C62H58F2N8O6. The molecule has 8 aromatic rings. The summed E-state index contributed by atoms with van der Waals surface area (Å²) in [7, 11) is 0. The van der Waals surface area contributed by atoms with Gasteiger partial charge < -0.3 is 41.0 Å². The minimum absolute atomic E-state index is 0.0635. The lowest BCUT2D eigenvalue weighted by Crippen LogP contribution is -2.24. The Kier molecular flexibility index (Phi) is 13.5. The number of carbonyl (C=O) groups excluding carboxylic acids is 2. The van der Waals surface area contributed by atoms with E-state index in [0.717, 1.165) is 89.3 Å². The highest BCUT2D eigenvalue weighted by Gasteiger charge is 2.44. The second kappa shape index (κ2) is 20.4. The zero-order valence-electron chi connectivity index (χ0n) is 44.4. The van der Waals surface area contributed by atoms with Gasteiger partial charge in [-0.2, -0.15) is 0 Å². The molecule has 16 heteroatoms. The summed E-state index contributed by atoms with van der Waals surface area (Å²) < 4.78 is 53.5. The molecule has 0 saturated heterocycles. The van der Waals surface area contributed by atoms with Crippen molar-refractivity contribution in [1.29, 1.82) is 0 Å². The number of ether oxygens (including phenoxy) is 4. The molecular weight excluding hydrogens is 991 g/mol. The van der Waals surface area contributed by atoms with Gasteiger partial charge in [-0.15, -0.1) is 0 Å². The molecule has 4 atom stereocenters. The number of nitrogens with two attached hydrogens (primary N) is 2. The average Bonchev–Trinajstić information content (AvgIpc) is 4.25. The highest BCUT2D eigenvalue weighted by molar-refractivity contribution is 5.95. The van der Waals surface area contributed by atoms with Gasteiger partial charge in [-0.1, -0.05) is 36.4 Å². The maximum absolute atomic E-state index is 14.8. The molecule has 0 spiro atoms. The largest absolute Gasteiger partial charge is 0.475 e. The fourth-order valence-corrected chi connectivity index (χ4v) is 11.1. The van der Waals surface area contributed by atoms with E-state index in [1.54, 1.807) is 18.2 Å². The molecule has 0 aliphatic carbocycles. The van der Waals surface area contributed by atoms with Crippen molar-refractivity contribution in [2.24, 2.45) is 0 Å². The lowest BCUT2D eigenvalue weighted by molar-refractivity contribution is 0.0856. The van der Waals surface area contributed by atoms with Gasteiger partial charge in [-0.3, -0.25) is 9.59 Å². The summed E-state index contributed by atoms with van der Waals surface area (Å²) in [6.45, 7) is 16.0. The molecule has 0 fully saturated rings. The molecule has 4 aromatic heterocycles. The standard InChI is InChI=1S/2C31H29FN4O3/c1-15(2)38-28-12-22(26(32)14-34-28)18-5-7-20-23(10-18)29-21-8-6-19(11-24(21)30(20)39-29)31(37)35-13-25-16(3)9-27(33)36-17(25)4;1-15(2)38-28-12-22(26(32)14-34-28)18-5-7-20-23(10-18)30-24-11-19(6-8-21(24)29(20)39-30)31(37)35-13-25-16(3)9-27(33)36-17(25)4/h2*5-12,14-15,29-30H,13H2,1-4H3,(H2,33,36)(H,35,37). The first kappa shape index (κ1) is 51.5. The van der Waals surface area contributed by atoms with Crippen LogP contribution in [0.5, 0.6) is 11.8 Å². The molecule has 12 rings (SSSR count). The predicted molar refractivity (Wildman–Crippen MR) is 292 cm³/mol. The van der Waals surface area contributed by atoms with E-state index in [1.807, 2.05) is 134 Å². The van der Waals surface area contributed by atoms with E-state index < -0.39 is 11.6 Å². The van der Waals surface area contributed by atoms with Crippen molar-refractivity contribution in [3.63, 3.8) is 0 Å². The first-order valence-corrected chi connectivity index (χ1v) is 25.9. The summed E-state index contributed by atoms with van der Waals surface area (Å²) in [4.78, 5) is 42.8. The summed E-state index contributed by atoms with van der Waals surface area (Å²) in [6.07, 6.45) is 1.18. The van der Waals surface area contributed by atoms with E-state index in [2.05, 4.69) is 30.6 Å². The van der Waals surface area contributed by atoms with Gasteiger partial charge in [0.1, 0.15) is 47.7 Å². The van der Waals surface area contributed by atoms with Gasteiger partial charge in [-0.05, 0) is 182 Å². The Hall–Kier alpha value is -8.60. The van der Waals surface area contributed by atoms with E-state index in [4.69, 9.17) is 30.4 Å². The lowest BCUT2D eigenvalue weighted by Gasteiger charge is -2.18. The van der Waals surface area contributed by atoms with Gasteiger partial charge in [0.2, 0.25) is 11.8 Å². The van der Waals surface area contributed by atoms with E-state index in [1.165, 1.54) is 12.4 Å². The minimum Gasteiger partial charge on any atom is -0.475 e. The monoisotopic (exact) mass is 1050 g/mol. The number of aryl methyl sites for hydroxylation is 4. The van der Waals surface area contributed by atoms with Crippen molar-refractivity contribution in [1.82, 2.24) is 30.6 Å². The first-order chi connectivity index (χ1) is 37.4. The Morgan fingerprint density at radius 3 is 1.27 bits per heavy atom. The number of anilines is 2. The van der Waals surface area contributed by atoms with Crippen LogP contribution in [-0.4, -0.2) is 44.0 Å². The van der Waals surface area contributed by atoms with Crippen LogP contribution in [0.2, 0.25) is 0 Å². The fraction of sp³-hybridized carbons (Fsp3) is 0.258. The molecule has 78 heavy (non-hydrogen) atoms. The highest BCUT2D eigenvalue weighted by atomic mass is 19.1. The van der Waals surface area contributed by atoms with Gasteiger partial charge in [-0.25, -0.2) is 28.7 Å². The van der Waals surface area contributed by atoms with Gasteiger partial charge in [0.05, 0.1) is 24.6 Å². The number of benzene rings is 4. The number of nitrogens with zero attached hydrogens (tertiary/aromatic N) is 4. The van der Waals surface area contributed by atoms with Crippen LogP contribution in [0.4, 0.5) is 20.4 Å². The summed E-state index contributed by atoms with van der Waals surface area (Å²) in [5.41, 5.74) is 28.6. The molecule has 0 radical (unpaired) electrons. The smallest absolute Gasteiger partial charge is 0.251 e. The summed E-state index contributed by atoms with van der Waals surface area (Å²) in [5, 5.41) is 6.01. The molecule has 4 bridgehead atoms. The van der Waals surface area contributed by atoms with Crippen LogP contribution in [0.25, 0.3) is 22.3 Å². The number of halogens is 2. The molecule has 8 heterocycles. The summed E-state index contributed by atoms with van der Waals surface area (Å²) in [5.74, 6) is 0.517. The van der Waals surface area contributed by atoms with Crippen molar-refractivity contribution in [2.75, 3.05) is 11.5 Å². The Labute approximate surface area is 450 Å². The number of rotatable bonds is 12. The van der Waals surface area contributed by atoms with Crippen LogP contribution in [0.3, 0.4) is 0 Å². The van der Waals surface area contributed by atoms with Crippen LogP contribution in [0.15, 0.2) is 109 Å². The Morgan fingerprint density at radius 2 is 0.885 bits per heavy atom. The molecule has 6 N–H and O–H groups in total. The fourth-order valence-electron chi connectivity index (χ4n) is 11.1. The van der Waals surface area contributed by atoms with Crippen molar-refractivity contribution >= 4 is 23.5 Å². The Balaban J connectivity index is 0.000000165. The van der Waals surface area contributed by atoms with Gasteiger partial charge in [0.25, 0.3) is 11.8 Å². The number of fused-ring (bicyclic) bond motifs is 16. The van der Waals surface area contributed by atoms with E-state index in [-0.39, 0.29) is 48.4 Å². The van der Waals surface area contributed by atoms with E-state index >= 15 is 0 Å². The number of nitrogen functional groups attached to an aromatic ring is 2. The number of carbonyl (C=O) groups is 2. The predicted octanol–water partition coefficient (Wildman–Crippen LogP) is 11.4. The van der Waals surface area contributed by atoms with Gasteiger partial charge in [0, 0.05) is 58.9 Å². The Bertz CT molecular complexity index is 3710. The topological polar surface area (TPSA) is 199 Å². The average molecular weight is 1050 g/mol. The SMILES string of the molecule is Cc1cc(N)nc(C)c1CNC(=O)c1ccc2c(c1)C1OC2c2cc(-c3cc(OC(C)C)ncc3F)ccc21.Cc1cc(N)nc(C)c1CNC(=O)c1ccc2c(c1)C1OC2c2ccc(-c3cc(OC(C)C)ncc3F)cc21. The molecule has 4 aliphatic heterocycles. The number of hydrogen-bond donors (Lipinski definition) is 4. The second-order valence-electron chi connectivity index (χ2n) is 20.7. The molecule has 4 aliphatic rings. The van der Waals surface area contributed by atoms with Crippen molar-refractivity contribution in [2.45, 2.75) is 105 Å². The molecule has 4 unspecified atom stereocenters. The molecule has 0 saturated carbocycles. The molecule has 4 aromatic carbocycles. The van der Waals surface area contributed by atoms with Gasteiger partial charge in [0.15, 0.2) is 0 Å². The van der Waals surface area contributed by atoms with Gasteiger partial charge >= 0.3 is 0 Å². The number of aromatic nitrogens is 4. The summed E-state index contributed by atoms with van der Waals surface area (Å²) in [6, 6.07) is 29.9. The van der Waals surface area contributed by atoms with Crippen molar-refractivity contribution in [3.8, 4) is 34.0 Å². The maximum atomic E-state index is 14.8. The third kappa shape index (κ3) is 9.66. The van der Waals surface area contributed by atoms with E-state index in [9.17, 15) is 18.4 Å². The van der Waals surface area contributed by atoms with Crippen LogP contribution in [-0.2, 0) is 22.6 Å². The lowest BCUT2D eigenvalue weighted by atomic mass is 9.84. The second-order valence-corrected chi connectivity index (χ2v) is 20.7. The third-order valence-electron chi connectivity index (χ3n) is 14.7. The first-order valence-electron chi connectivity index (χ1n) is 25.9. The quantitative estimate of drug-likeness (QED) is 0.0904. The zero-order chi connectivity index (χ0) is 54.8.